The highest BCUT2D eigenvalue weighted by molar-refractivity contribution is 5.90. The van der Waals surface area contributed by atoms with E-state index < -0.39 is 12.0 Å². The summed E-state index contributed by atoms with van der Waals surface area (Å²) in [6.07, 6.45) is 11.1. The summed E-state index contributed by atoms with van der Waals surface area (Å²) in [5.74, 6) is -1.05. The molecule has 1 aliphatic rings. The van der Waals surface area contributed by atoms with Crippen LogP contribution in [0.15, 0.2) is 24.3 Å². The monoisotopic (exact) mass is 459 g/mol. The molecule has 0 radical (unpaired) electrons. The number of nitrogens with zero attached hydrogens (tertiary/aromatic N) is 2. The molecule has 1 atom stereocenters. The van der Waals surface area contributed by atoms with E-state index in [9.17, 15) is 14.4 Å². The van der Waals surface area contributed by atoms with Crippen LogP contribution in [0.4, 0.5) is 4.79 Å². The molecular weight excluding hydrogens is 418 g/mol. The van der Waals surface area contributed by atoms with Crippen LogP contribution in [0, 0.1) is 0 Å². The van der Waals surface area contributed by atoms with E-state index in [2.05, 4.69) is 19.2 Å². The fraction of sp³-hybridized carbons (Fsp3) is 0.654. The molecule has 0 saturated carbocycles. The van der Waals surface area contributed by atoms with E-state index in [1.165, 1.54) is 19.3 Å². The van der Waals surface area contributed by atoms with Crippen molar-refractivity contribution in [3.8, 4) is 0 Å². The fourth-order valence-corrected chi connectivity index (χ4v) is 4.23. The van der Waals surface area contributed by atoms with E-state index in [1.54, 1.807) is 34.1 Å². The van der Waals surface area contributed by atoms with E-state index >= 15 is 0 Å². The summed E-state index contributed by atoms with van der Waals surface area (Å²) in [5.41, 5.74) is 1.07. The first-order valence-corrected chi connectivity index (χ1v) is 12.6. The summed E-state index contributed by atoms with van der Waals surface area (Å²) in [6.45, 7) is 6.31. The predicted molar refractivity (Wildman–Crippen MR) is 130 cm³/mol. The average Bonchev–Trinajstić information content (AvgIpc) is 3.11. The molecular formula is C26H41N3O4. The van der Waals surface area contributed by atoms with Crippen molar-refractivity contribution in [1.29, 1.82) is 0 Å². The Morgan fingerprint density at radius 2 is 1.55 bits per heavy atom. The maximum absolute atomic E-state index is 13.2. The third-order valence-corrected chi connectivity index (χ3v) is 6.24. The maximum atomic E-state index is 13.2. The van der Waals surface area contributed by atoms with Crippen molar-refractivity contribution >= 4 is 17.9 Å². The lowest BCUT2D eigenvalue weighted by Crippen LogP contribution is -2.46. The molecule has 1 aromatic rings. The Hall–Kier alpha value is -2.57. The highest BCUT2D eigenvalue weighted by atomic mass is 16.4. The van der Waals surface area contributed by atoms with E-state index in [4.69, 9.17) is 5.11 Å². The summed E-state index contributed by atoms with van der Waals surface area (Å²) in [6, 6.07) is 5.97. The van der Waals surface area contributed by atoms with Gasteiger partial charge < -0.3 is 20.2 Å². The summed E-state index contributed by atoms with van der Waals surface area (Å²) in [7, 11) is 0. The molecule has 1 aromatic carbocycles. The van der Waals surface area contributed by atoms with E-state index in [0.29, 0.717) is 26.2 Å². The number of amides is 3. The second kappa shape index (κ2) is 14.6. The first kappa shape index (κ1) is 26.7. The molecule has 0 aliphatic carbocycles. The van der Waals surface area contributed by atoms with Gasteiger partial charge in [-0.3, -0.25) is 4.79 Å². The van der Waals surface area contributed by atoms with Crippen LogP contribution in [0.25, 0.3) is 0 Å². The van der Waals surface area contributed by atoms with Gasteiger partial charge in [0.25, 0.3) is 0 Å². The predicted octanol–water partition coefficient (Wildman–Crippen LogP) is 5.05. The molecule has 1 fully saturated rings. The van der Waals surface area contributed by atoms with Crippen molar-refractivity contribution in [2.45, 2.75) is 90.6 Å². The smallest absolute Gasteiger partial charge is 0.335 e. The first-order valence-electron chi connectivity index (χ1n) is 12.6. The van der Waals surface area contributed by atoms with E-state index in [1.807, 2.05) is 0 Å². The summed E-state index contributed by atoms with van der Waals surface area (Å²) >= 11 is 0. The Morgan fingerprint density at radius 1 is 0.939 bits per heavy atom. The second-order valence-corrected chi connectivity index (χ2v) is 8.99. The SMILES string of the molecule is CCCCCCCCN1C(=O)N(Cc2ccc(C(=O)O)cc2)CC1C(=O)NCCCCCC. The minimum Gasteiger partial charge on any atom is -0.478 e. The molecule has 3 amide bonds. The summed E-state index contributed by atoms with van der Waals surface area (Å²) < 4.78 is 0. The van der Waals surface area contributed by atoms with Crippen molar-refractivity contribution in [3.63, 3.8) is 0 Å². The Morgan fingerprint density at radius 3 is 2.18 bits per heavy atom. The molecule has 2 rings (SSSR count). The Kier molecular flexibility index (Phi) is 11.8. The van der Waals surface area contributed by atoms with Crippen LogP contribution in [-0.4, -0.2) is 58.5 Å². The number of benzene rings is 1. The molecule has 1 saturated heterocycles. The molecule has 0 spiro atoms. The van der Waals surface area contributed by atoms with Crippen LogP contribution in [0.2, 0.25) is 0 Å². The number of urea groups is 1. The Balaban J connectivity index is 1.97. The van der Waals surface area contributed by atoms with Gasteiger partial charge in [-0.1, -0.05) is 77.3 Å². The molecule has 33 heavy (non-hydrogen) atoms. The molecule has 1 unspecified atom stereocenters. The minimum absolute atomic E-state index is 0.0745. The minimum atomic E-state index is -0.973. The maximum Gasteiger partial charge on any atom is 0.335 e. The zero-order chi connectivity index (χ0) is 24.1. The second-order valence-electron chi connectivity index (χ2n) is 8.99. The molecule has 0 aromatic heterocycles. The van der Waals surface area contributed by atoms with Gasteiger partial charge in [-0.15, -0.1) is 0 Å². The molecule has 2 N–H and O–H groups in total. The standard InChI is InChI=1S/C26H41N3O4/c1-3-5-7-9-10-12-18-29-23(24(30)27-17-11-8-6-4-2)20-28(26(29)33)19-21-13-15-22(16-14-21)25(31)32/h13-16,23H,3-12,17-20H2,1-2H3,(H,27,30)(H,31,32). The number of carbonyl (C=O) groups excluding carboxylic acids is 2. The lowest BCUT2D eigenvalue weighted by atomic mass is 10.1. The molecule has 7 heteroatoms. The zero-order valence-electron chi connectivity index (χ0n) is 20.4. The largest absolute Gasteiger partial charge is 0.478 e. The van der Waals surface area contributed by atoms with Gasteiger partial charge in [0.05, 0.1) is 12.1 Å². The van der Waals surface area contributed by atoms with Crippen LogP contribution in [0.1, 0.15) is 94.0 Å². The number of carboxylic acids is 1. The number of nitrogens with one attached hydrogen (secondary N) is 1. The lowest BCUT2D eigenvalue weighted by Gasteiger charge is -2.22. The number of hydrogen-bond acceptors (Lipinski definition) is 3. The quantitative estimate of drug-likeness (QED) is 0.339. The number of rotatable bonds is 16. The Labute approximate surface area is 198 Å². The van der Waals surface area contributed by atoms with Crippen molar-refractivity contribution < 1.29 is 19.5 Å². The number of carbonyl (C=O) groups is 3. The van der Waals surface area contributed by atoms with Crippen molar-refractivity contribution in [2.24, 2.45) is 0 Å². The fourth-order valence-electron chi connectivity index (χ4n) is 4.23. The van der Waals surface area contributed by atoms with Gasteiger partial charge in [0.15, 0.2) is 0 Å². The number of unbranched alkanes of at least 4 members (excludes halogenated alkanes) is 8. The molecule has 1 aliphatic heterocycles. The van der Waals surface area contributed by atoms with Gasteiger partial charge in [0.2, 0.25) is 5.91 Å². The van der Waals surface area contributed by atoms with Crippen LogP contribution in [0.5, 0.6) is 0 Å². The number of aromatic carboxylic acids is 1. The zero-order valence-corrected chi connectivity index (χ0v) is 20.4. The summed E-state index contributed by atoms with van der Waals surface area (Å²) in [4.78, 5) is 40.6. The van der Waals surface area contributed by atoms with Gasteiger partial charge in [-0.05, 0) is 30.5 Å². The summed E-state index contributed by atoms with van der Waals surface area (Å²) in [5, 5.41) is 12.1. The van der Waals surface area contributed by atoms with E-state index in [0.717, 1.165) is 50.5 Å². The van der Waals surface area contributed by atoms with Crippen molar-refractivity contribution in [3.05, 3.63) is 35.4 Å². The van der Waals surface area contributed by atoms with Crippen LogP contribution in [-0.2, 0) is 11.3 Å². The lowest BCUT2D eigenvalue weighted by molar-refractivity contribution is -0.124. The topological polar surface area (TPSA) is 90.0 Å². The molecule has 1 heterocycles. The first-order chi connectivity index (χ1) is 16.0. The van der Waals surface area contributed by atoms with Crippen LogP contribution < -0.4 is 5.32 Å². The highest BCUT2D eigenvalue weighted by Crippen LogP contribution is 2.21. The number of hydrogen-bond donors (Lipinski definition) is 2. The van der Waals surface area contributed by atoms with Crippen LogP contribution >= 0.6 is 0 Å². The normalized spacial score (nSPS) is 15.8. The Bertz CT molecular complexity index is 750. The average molecular weight is 460 g/mol. The third kappa shape index (κ3) is 8.71. The van der Waals surface area contributed by atoms with Gasteiger partial charge in [0, 0.05) is 19.6 Å². The van der Waals surface area contributed by atoms with Gasteiger partial charge >= 0.3 is 12.0 Å². The molecule has 184 valence electrons. The highest BCUT2D eigenvalue weighted by Gasteiger charge is 2.40. The van der Waals surface area contributed by atoms with Gasteiger partial charge in [0.1, 0.15) is 6.04 Å². The molecule has 7 nitrogen and oxygen atoms in total. The van der Waals surface area contributed by atoms with E-state index in [-0.39, 0.29) is 17.5 Å². The number of carboxylic acid groups (broad SMARTS) is 1. The molecule has 0 bridgehead atoms. The van der Waals surface area contributed by atoms with Gasteiger partial charge in [-0.2, -0.15) is 0 Å². The van der Waals surface area contributed by atoms with Crippen LogP contribution in [0.3, 0.4) is 0 Å². The van der Waals surface area contributed by atoms with Crippen molar-refractivity contribution in [1.82, 2.24) is 15.1 Å². The third-order valence-electron chi connectivity index (χ3n) is 6.24. The van der Waals surface area contributed by atoms with Gasteiger partial charge in [-0.25, -0.2) is 9.59 Å². The van der Waals surface area contributed by atoms with Crippen molar-refractivity contribution in [2.75, 3.05) is 19.6 Å².